The zero-order valence-corrected chi connectivity index (χ0v) is 13.6. The van der Waals surface area contributed by atoms with Gasteiger partial charge in [-0.15, -0.1) is 12.6 Å². The van der Waals surface area contributed by atoms with Crippen molar-refractivity contribution in [3.63, 3.8) is 0 Å². The number of thiol groups is 1. The topological polar surface area (TPSA) is 189 Å². The third-order valence-electron chi connectivity index (χ3n) is 3.45. The molecule has 0 aliphatic carbocycles. The Bertz CT molecular complexity index is 598. The standard InChI is InChI=1S/C9H14N3O10PS/c13-3-1-5(22-4(3)2-21-23(18,19)20)11-8(24)6(12(16)17)7(14)10-9(11)15/h3-6,8,13,24H,1-2H2,(H,10,14,15)(H2,18,19,20)/t3-,4+,5+,6-,8-/m0/s1. The molecule has 0 bridgehead atoms. The van der Waals surface area contributed by atoms with Crippen LogP contribution in [0.4, 0.5) is 4.79 Å². The van der Waals surface area contributed by atoms with Crippen molar-refractivity contribution in [3.05, 3.63) is 10.1 Å². The number of nitrogens with zero attached hydrogens (tertiary/aromatic N) is 2. The Labute approximate surface area is 139 Å². The predicted octanol–water partition coefficient (Wildman–Crippen LogP) is -1.98. The Balaban J connectivity index is 2.10. The summed E-state index contributed by atoms with van der Waals surface area (Å²) in [6.07, 6.45) is -3.83. The number of imide groups is 1. The van der Waals surface area contributed by atoms with Crippen LogP contribution in [0.25, 0.3) is 0 Å². The number of aliphatic hydroxyl groups excluding tert-OH is 1. The lowest BCUT2D eigenvalue weighted by Crippen LogP contribution is -2.65. The molecule has 4 N–H and O–H groups in total. The molecule has 2 heterocycles. The number of aliphatic hydroxyl groups is 1. The van der Waals surface area contributed by atoms with E-state index in [1.165, 1.54) is 0 Å². The maximum absolute atomic E-state index is 11.9. The number of carbonyl (C=O) groups excluding carboxylic acids is 2. The highest BCUT2D eigenvalue weighted by Gasteiger charge is 2.52. The number of phosphoric acid groups is 1. The van der Waals surface area contributed by atoms with Gasteiger partial charge in [-0.05, 0) is 0 Å². The van der Waals surface area contributed by atoms with Gasteiger partial charge in [0.05, 0.1) is 12.7 Å². The number of amides is 3. The molecule has 2 aliphatic heterocycles. The number of phosphoric ester groups is 1. The number of urea groups is 1. The van der Waals surface area contributed by atoms with E-state index in [1.54, 1.807) is 5.32 Å². The van der Waals surface area contributed by atoms with Gasteiger partial charge < -0.3 is 19.6 Å². The van der Waals surface area contributed by atoms with Gasteiger partial charge in [0.25, 0.3) is 0 Å². The van der Waals surface area contributed by atoms with E-state index >= 15 is 0 Å². The van der Waals surface area contributed by atoms with Gasteiger partial charge in [0.15, 0.2) is 5.37 Å². The molecule has 15 heteroatoms. The number of carbonyl (C=O) groups is 2. The van der Waals surface area contributed by atoms with Crippen LogP contribution in [0.2, 0.25) is 0 Å². The van der Waals surface area contributed by atoms with E-state index in [0.29, 0.717) is 0 Å². The summed E-state index contributed by atoms with van der Waals surface area (Å²) in [6, 6.07) is -2.83. The fraction of sp³-hybridized carbons (Fsp3) is 0.778. The van der Waals surface area contributed by atoms with Gasteiger partial charge in [-0.1, -0.05) is 0 Å². The van der Waals surface area contributed by atoms with Crippen LogP contribution in [0, 0.1) is 10.1 Å². The minimum atomic E-state index is -4.79. The second kappa shape index (κ2) is 6.92. The highest BCUT2D eigenvalue weighted by Crippen LogP contribution is 2.37. The van der Waals surface area contributed by atoms with E-state index in [1.807, 2.05) is 0 Å². The number of rotatable bonds is 5. The first-order valence-electron chi connectivity index (χ1n) is 6.49. The van der Waals surface area contributed by atoms with E-state index in [0.717, 1.165) is 4.90 Å². The molecule has 0 aromatic rings. The lowest BCUT2D eigenvalue weighted by molar-refractivity contribution is -0.511. The normalized spacial score (nSPS) is 34.3. The number of hydrogen-bond donors (Lipinski definition) is 5. The number of ether oxygens (including phenoxy) is 1. The molecule has 2 saturated heterocycles. The third kappa shape index (κ3) is 4.03. The van der Waals surface area contributed by atoms with E-state index in [2.05, 4.69) is 17.2 Å². The quantitative estimate of drug-likeness (QED) is 0.153. The summed E-state index contributed by atoms with van der Waals surface area (Å²) in [5, 5.41) is 21.1. The number of nitro groups is 1. The summed E-state index contributed by atoms with van der Waals surface area (Å²) in [5.74, 6) is -1.12. The SMILES string of the molecule is O=C1NC(=O)N([C@H]2C[C@H](O)[C@@H](COP(=O)(O)O)O2)[C@@H](S)[C@H]1[N+](=O)[O-]. The van der Waals surface area contributed by atoms with Crippen molar-refractivity contribution < 1.29 is 43.2 Å². The Hall–Kier alpha value is -1.28. The lowest BCUT2D eigenvalue weighted by Gasteiger charge is -2.36. The summed E-state index contributed by atoms with van der Waals surface area (Å²) in [7, 11) is -4.79. The van der Waals surface area contributed by atoms with E-state index < -0.39 is 61.1 Å². The molecule has 2 aliphatic rings. The third-order valence-corrected chi connectivity index (χ3v) is 4.47. The largest absolute Gasteiger partial charge is 0.469 e. The van der Waals surface area contributed by atoms with Gasteiger partial charge in [0.2, 0.25) is 0 Å². The first-order valence-corrected chi connectivity index (χ1v) is 8.54. The van der Waals surface area contributed by atoms with Crippen LogP contribution >= 0.6 is 20.5 Å². The zero-order valence-electron chi connectivity index (χ0n) is 11.8. The second-order valence-corrected chi connectivity index (χ2v) is 6.83. The highest BCUT2D eigenvalue weighted by atomic mass is 32.1. The molecular weight excluding hydrogens is 373 g/mol. The molecule has 0 aromatic carbocycles. The van der Waals surface area contributed by atoms with Crippen molar-refractivity contribution in [2.45, 2.75) is 36.3 Å². The zero-order chi connectivity index (χ0) is 18.2. The molecule has 2 fully saturated rings. The monoisotopic (exact) mass is 387 g/mol. The van der Waals surface area contributed by atoms with Gasteiger partial charge >= 0.3 is 25.8 Å². The first-order chi connectivity index (χ1) is 11.0. The summed E-state index contributed by atoms with van der Waals surface area (Å²) in [5.41, 5.74) is 0. The summed E-state index contributed by atoms with van der Waals surface area (Å²) in [4.78, 5) is 51.5. The van der Waals surface area contributed by atoms with Crippen LogP contribution in [0.5, 0.6) is 0 Å². The van der Waals surface area contributed by atoms with Gasteiger partial charge in [0.1, 0.15) is 12.3 Å². The Morgan fingerprint density at radius 2 is 2.12 bits per heavy atom. The fourth-order valence-electron chi connectivity index (χ4n) is 2.36. The van der Waals surface area contributed by atoms with Crippen LogP contribution in [-0.4, -0.2) is 73.1 Å². The maximum atomic E-state index is 11.9. The van der Waals surface area contributed by atoms with Crippen molar-refractivity contribution in [2.75, 3.05) is 6.61 Å². The van der Waals surface area contributed by atoms with Crippen LogP contribution in [0.3, 0.4) is 0 Å². The molecule has 0 spiro atoms. The van der Waals surface area contributed by atoms with Gasteiger partial charge in [-0.3, -0.25) is 29.6 Å². The van der Waals surface area contributed by atoms with Crippen molar-refractivity contribution in [2.24, 2.45) is 0 Å². The lowest BCUT2D eigenvalue weighted by atomic mass is 10.1. The van der Waals surface area contributed by atoms with Crippen molar-refractivity contribution >= 4 is 32.4 Å². The Morgan fingerprint density at radius 3 is 2.67 bits per heavy atom. The Kier molecular flexibility index (Phi) is 5.49. The van der Waals surface area contributed by atoms with Crippen molar-refractivity contribution in [3.8, 4) is 0 Å². The van der Waals surface area contributed by atoms with Crippen LogP contribution in [0.1, 0.15) is 6.42 Å². The van der Waals surface area contributed by atoms with E-state index in [4.69, 9.17) is 14.5 Å². The fourth-order valence-corrected chi connectivity index (χ4v) is 3.20. The number of nitrogens with one attached hydrogen (secondary N) is 1. The molecule has 136 valence electrons. The summed E-state index contributed by atoms with van der Waals surface area (Å²) >= 11 is 3.93. The van der Waals surface area contributed by atoms with Gasteiger partial charge in [-0.2, -0.15) is 0 Å². The molecule has 0 radical (unpaired) electrons. The molecule has 2 rings (SSSR count). The average Bonchev–Trinajstić information content (AvgIpc) is 2.75. The molecule has 0 unspecified atom stereocenters. The van der Waals surface area contributed by atoms with Crippen molar-refractivity contribution in [1.29, 1.82) is 0 Å². The summed E-state index contributed by atoms with van der Waals surface area (Å²) < 4.78 is 20.2. The molecule has 0 aromatic heterocycles. The maximum Gasteiger partial charge on any atom is 0.469 e. The molecule has 24 heavy (non-hydrogen) atoms. The molecule has 3 amide bonds. The van der Waals surface area contributed by atoms with Crippen LogP contribution < -0.4 is 5.32 Å². The predicted molar refractivity (Wildman–Crippen MR) is 76.2 cm³/mol. The smallest absolute Gasteiger partial charge is 0.390 e. The molecule has 5 atom stereocenters. The average molecular weight is 387 g/mol. The highest BCUT2D eigenvalue weighted by molar-refractivity contribution is 7.81. The molecular formula is C9H14N3O10PS. The Morgan fingerprint density at radius 1 is 1.50 bits per heavy atom. The van der Waals surface area contributed by atoms with Crippen molar-refractivity contribution in [1.82, 2.24) is 10.2 Å². The minimum Gasteiger partial charge on any atom is -0.390 e. The van der Waals surface area contributed by atoms with Gasteiger partial charge in [0, 0.05) is 11.3 Å². The first kappa shape index (κ1) is 19.1. The van der Waals surface area contributed by atoms with Gasteiger partial charge in [-0.25, -0.2) is 9.36 Å². The molecule has 0 saturated carbocycles. The van der Waals surface area contributed by atoms with Crippen LogP contribution in [-0.2, 0) is 18.6 Å². The molecule has 13 nitrogen and oxygen atoms in total. The summed E-state index contributed by atoms with van der Waals surface area (Å²) in [6.45, 7) is -0.660. The van der Waals surface area contributed by atoms with E-state index in [9.17, 15) is 29.4 Å². The van der Waals surface area contributed by atoms with E-state index in [-0.39, 0.29) is 6.42 Å². The number of hydrogen-bond acceptors (Lipinski definition) is 9. The van der Waals surface area contributed by atoms with Crippen LogP contribution in [0.15, 0.2) is 0 Å². The second-order valence-electron chi connectivity index (χ2n) is 5.06. The minimum absolute atomic E-state index is 0.210.